The topological polar surface area (TPSA) is 696 Å². The van der Waals surface area contributed by atoms with Crippen molar-refractivity contribution >= 4 is 106 Å². The quantitative estimate of drug-likeness (QED) is 0.00548. The van der Waals surface area contributed by atoms with Gasteiger partial charge in [0.25, 0.3) is 5.91 Å². The van der Waals surface area contributed by atoms with Gasteiger partial charge in [-0.25, -0.2) is 0 Å². The Labute approximate surface area is 693 Å². The van der Waals surface area contributed by atoms with E-state index in [1.54, 1.807) is 82.3 Å². The standard InChI is InChI=1S/C79H115N21O20/c1-42(2)37-58(75(115)89-44(5)67(107)92-57(30-33-64(104)105)72(112)91-53(66(84)106)21-13-15-35-87-69(109)50-19-10-11-20-51(50)81)98-71(111)54(22-12-14-34-80)93-73(113)56(29-32-63(83)103)95-76(116)59(39-46-17-8-7-9-18-46)96-68(108)45(6)90-78(118)65(43(3)4)99-74(114)55(23-16-36-88-79(85)86)94-77(117)60(40-47-24-27-49(101)28-25-47)97-70(110)52(82)38-48-26-31-62(102)61(41-48)100(119)120/h7-11,17-20,24-28,31,41-45,52-60,65,101-102H,12-16,21-23,29-30,32-40,80-82H2,1-6H3,(H2,83,103)(H2,84,106)(H,87,109)(H,89,115)(H,90,118)(H,91,112)(H,92,107)(H,93,113)(H,94,117)(H,95,116)(H,96,108)(H,97,110)(H,98,111)(H,99,114)(H,104,105)(H4,85,86,88)/t44-,45-,52-,53-,54-,55-,56-,57-,58-,59-,60-,65-/m0/s1. The lowest BCUT2D eigenvalue weighted by Crippen LogP contribution is -2.61. The number of nitrogens with one attached hydrogen (secondary N) is 14. The summed E-state index contributed by atoms with van der Waals surface area (Å²) in [6.07, 6.45) is -1.99. The number of nitrogen functional groups attached to an aromatic ring is 1. The molecule has 656 valence electrons. The zero-order valence-electron chi connectivity index (χ0n) is 67.9. The van der Waals surface area contributed by atoms with Crippen LogP contribution in [-0.4, -0.2) is 207 Å². The molecule has 0 heterocycles. The van der Waals surface area contributed by atoms with Gasteiger partial charge >= 0.3 is 11.7 Å². The van der Waals surface area contributed by atoms with Crippen molar-refractivity contribution in [3.8, 4) is 11.5 Å². The maximum Gasteiger partial charge on any atom is 0.310 e. The lowest BCUT2D eigenvalue weighted by atomic mass is 10.0. The fourth-order valence-electron chi connectivity index (χ4n) is 12.2. The Morgan fingerprint density at radius 3 is 1.43 bits per heavy atom. The molecule has 0 aliphatic rings. The predicted molar refractivity (Wildman–Crippen MR) is 439 cm³/mol. The predicted octanol–water partition coefficient (Wildman–Crippen LogP) is -2.37. The van der Waals surface area contributed by atoms with E-state index >= 15 is 0 Å². The number of nitro benzene ring substituents is 1. The van der Waals surface area contributed by atoms with Crippen molar-refractivity contribution in [2.75, 3.05) is 25.4 Å². The Kier molecular flexibility index (Phi) is 41.8. The van der Waals surface area contributed by atoms with Gasteiger partial charge in [-0.2, -0.15) is 0 Å². The first kappa shape index (κ1) is 99.3. The number of phenolic OH excluding ortho intramolecular Hbond substituents is 2. The second-order valence-electron chi connectivity index (χ2n) is 29.7. The molecule has 0 bridgehead atoms. The summed E-state index contributed by atoms with van der Waals surface area (Å²) >= 11 is 0. The fourth-order valence-corrected chi connectivity index (χ4v) is 12.2. The number of nitrogens with two attached hydrogens (primary N) is 6. The third-order valence-electron chi connectivity index (χ3n) is 18.9. The number of hydrogen-bond donors (Lipinski definition) is 23. The van der Waals surface area contributed by atoms with Gasteiger partial charge in [-0.05, 0) is 156 Å². The number of carboxylic acids is 1. The largest absolute Gasteiger partial charge is 0.508 e. The minimum absolute atomic E-state index is 0.0135. The van der Waals surface area contributed by atoms with Gasteiger partial charge < -0.3 is 119 Å². The highest BCUT2D eigenvalue weighted by Gasteiger charge is 2.38. The van der Waals surface area contributed by atoms with Crippen LogP contribution in [0.5, 0.6) is 11.5 Å². The van der Waals surface area contributed by atoms with Crippen LogP contribution in [0.2, 0.25) is 0 Å². The van der Waals surface area contributed by atoms with E-state index in [9.17, 15) is 97.4 Å². The Balaban J connectivity index is 1.53. The number of amides is 14. The van der Waals surface area contributed by atoms with Crippen molar-refractivity contribution in [3.63, 3.8) is 0 Å². The van der Waals surface area contributed by atoms with Crippen LogP contribution >= 0.6 is 0 Å². The van der Waals surface area contributed by atoms with Gasteiger partial charge in [0, 0.05) is 50.5 Å². The molecule has 0 fully saturated rings. The third-order valence-corrected chi connectivity index (χ3v) is 18.9. The number of para-hydroxylation sites is 1. The van der Waals surface area contributed by atoms with Crippen LogP contribution in [0.3, 0.4) is 0 Å². The second-order valence-corrected chi connectivity index (χ2v) is 29.7. The van der Waals surface area contributed by atoms with Gasteiger partial charge in [0.05, 0.1) is 16.5 Å². The average Bonchev–Trinajstić information content (AvgIpc) is 0.842. The molecule has 4 aromatic rings. The number of benzene rings is 4. The number of nitro groups is 1. The SMILES string of the molecule is CC(C)C[C@H](NC(=O)[C@H](CCCCN)NC(=O)[C@H](CCC(N)=O)NC(=O)[C@H](Cc1ccccc1)NC(=O)[C@H](C)NC(=O)[C@@H](NC(=O)[C@H](CCCNC(=N)N)NC(=O)[C@H](Cc1ccc(O)cc1)NC(=O)[C@@H](N)Cc1ccc(O)c([N+](=O)[O-])c1)C(C)C)C(=O)N[C@@H](C)C(=O)N[C@@H](CCC(=O)O)C(=O)N[C@@H](CCCCNC(=O)c1ccccc1N)C(N)=O. The number of anilines is 1. The van der Waals surface area contributed by atoms with Gasteiger partial charge in [0.2, 0.25) is 76.8 Å². The highest BCUT2D eigenvalue weighted by atomic mass is 16.6. The molecule has 4 aromatic carbocycles. The van der Waals surface area contributed by atoms with Crippen LogP contribution in [0, 0.1) is 27.4 Å². The molecular formula is C79H115N21O20. The number of guanidine groups is 1. The van der Waals surface area contributed by atoms with Gasteiger partial charge in [0.1, 0.15) is 72.2 Å². The summed E-state index contributed by atoms with van der Waals surface area (Å²) in [4.78, 5) is 217. The number of carbonyl (C=O) groups is 15. The summed E-state index contributed by atoms with van der Waals surface area (Å²) in [5.41, 5.74) is 35.6. The van der Waals surface area contributed by atoms with E-state index in [4.69, 9.17) is 39.8 Å². The maximum atomic E-state index is 14.7. The van der Waals surface area contributed by atoms with Crippen LogP contribution in [0.1, 0.15) is 152 Å². The first-order valence-corrected chi connectivity index (χ1v) is 39.3. The van der Waals surface area contributed by atoms with Crippen molar-refractivity contribution in [3.05, 3.63) is 129 Å². The average molecular weight is 1680 g/mol. The first-order valence-electron chi connectivity index (χ1n) is 39.3. The number of carbonyl (C=O) groups excluding carboxylic acids is 14. The molecule has 0 saturated heterocycles. The summed E-state index contributed by atoms with van der Waals surface area (Å²) < 4.78 is 0. The summed E-state index contributed by atoms with van der Waals surface area (Å²) in [7, 11) is 0. The maximum absolute atomic E-state index is 14.7. The summed E-state index contributed by atoms with van der Waals surface area (Å²) in [6.45, 7) is 9.40. The van der Waals surface area contributed by atoms with Gasteiger partial charge in [-0.1, -0.05) is 88.4 Å². The first-order chi connectivity index (χ1) is 56.7. The summed E-state index contributed by atoms with van der Waals surface area (Å²) in [5.74, 6) is -16.4. The molecular weight excluding hydrogens is 1560 g/mol. The third kappa shape index (κ3) is 35.4. The molecule has 29 N–H and O–H groups in total. The lowest BCUT2D eigenvalue weighted by molar-refractivity contribution is -0.385. The fraction of sp³-hybridized carbons (Fsp3) is 0.494. The zero-order chi connectivity index (χ0) is 89.5. The number of aliphatic carboxylic acids is 1. The minimum Gasteiger partial charge on any atom is -0.508 e. The Morgan fingerprint density at radius 2 is 0.900 bits per heavy atom. The lowest BCUT2D eigenvalue weighted by Gasteiger charge is -2.29. The van der Waals surface area contributed by atoms with Crippen LogP contribution in [0.25, 0.3) is 0 Å². The molecule has 0 aliphatic heterocycles. The van der Waals surface area contributed by atoms with Gasteiger partial charge in [-0.15, -0.1) is 0 Å². The van der Waals surface area contributed by atoms with E-state index in [2.05, 4.69) is 69.1 Å². The van der Waals surface area contributed by atoms with Crippen molar-refractivity contribution in [2.45, 2.75) is 217 Å². The van der Waals surface area contributed by atoms with E-state index in [0.29, 0.717) is 24.0 Å². The molecule has 41 heteroatoms. The molecule has 12 atom stereocenters. The number of rotatable bonds is 53. The number of aromatic hydroxyl groups is 2. The Hall–Kier alpha value is -13.1. The monoisotopic (exact) mass is 1680 g/mol. The molecule has 0 aromatic heterocycles. The van der Waals surface area contributed by atoms with E-state index in [-0.39, 0.29) is 112 Å². The molecule has 4 rings (SSSR count). The van der Waals surface area contributed by atoms with Crippen LogP contribution < -0.4 is 104 Å². The second kappa shape index (κ2) is 50.5. The van der Waals surface area contributed by atoms with Crippen molar-refractivity contribution in [1.29, 1.82) is 5.41 Å². The molecule has 41 nitrogen and oxygen atoms in total. The number of primary amides is 2. The van der Waals surface area contributed by atoms with Crippen molar-refractivity contribution < 1.29 is 92.2 Å². The van der Waals surface area contributed by atoms with E-state index < -0.39 is 215 Å². The van der Waals surface area contributed by atoms with Crippen LogP contribution in [0.4, 0.5) is 11.4 Å². The van der Waals surface area contributed by atoms with E-state index in [1.807, 2.05) is 0 Å². The molecule has 0 aliphatic carbocycles. The summed E-state index contributed by atoms with van der Waals surface area (Å²) in [6, 6.07) is 5.79. The molecule has 14 amide bonds. The highest BCUT2D eigenvalue weighted by Crippen LogP contribution is 2.27. The van der Waals surface area contributed by atoms with Crippen LogP contribution in [-0.2, 0) is 86.4 Å². The van der Waals surface area contributed by atoms with Gasteiger partial charge in [-0.3, -0.25) is 87.4 Å². The zero-order valence-corrected chi connectivity index (χ0v) is 67.9. The molecule has 0 saturated carbocycles. The number of hydrogen-bond acceptors (Lipinski definition) is 23. The Morgan fingerprint density at radius 1 is 0.458 bits per heavy atom. The highest BCUT2D eigenvalue weighted by molar-refractivity contribution is 6.01. The minimum atomic E-state index is -1.67. The number of phenols is 2. The van der Waals surface area contributed by atoms with Crippen LogP contribution in [0.15, 0.2) is 97.1 Å². The molecule has 0 spiro atoms. The summed E-state index contributed by atoms with van der Waals surface area (Å²) in [5, 5.41) is 82.2. The van der Waals surface area contributed by atoms with Crippen molar-refractivity contribution in [1.82, 2.24) is 69.1 Å². The molecule has 120 heavy (non-hydrogen) atoms. The molecule has 0 radical (unpaired) electrons. The van der Waals surface area contributed by atoms with Gasteiger partial charge in [0.15, 0.2) is 11.7 Å². The number of nitrogens with zero attached hydrogens (tertiary/aromatic N) is 1. The van der Waals surface area contributed by atoms with E-state index in [0.717, 1.165) is 12.1 Å². The van der Waals surface area contributed by atoms with E-state index in [1.165, 1.54) is 44.2 Å². The number of carboxylic acid groups (broad SMARTS) is 1. The normalized spacial score (nSPS) is 14.1. The molecule has 0 unspecified atom stereocenters. The smallest absolute Gasteiger partial charge is 0.310 e. The van der Waals surface area contributed by atoms with Crippen molar-refractivity contribution in [2.24, 2.45) is 40.5 Å². The Bertz CT molecular complexity index is 4210. The number of unbranched alkanes of at least 4 members (excludes halogenated alkanes) is 2.